The van der Waals surface area contributed by atoms with Gasteiger partial charge in [-0.2, -0.15) is 0 Å². The molecule has 1 amide bonds. The molecule has 2 aliphatic heterocycles. The van der Waals surface area contributed by atoms with Crippen LogP contribution < -0.4 is 4.90 Å². The zero-order chi connectivity index (χ0) is 21.1. The number of anilines is 1. The first-order chi connectivity index (χ1) is 14.5. The lowest BCUT2D eigenvalue weighted by Crippen LogP contribution is -2.52. The highest BCUT2D eigenvalue weighted by Gasteiger charge is 2.40. The number of piperazine rings is 1. The van der Waals surface area contributed by atoms with Crippen molar-refractivity contribution in [2.75, 3.05) is 44.2 Å². The second kappa shape index (κ2) is 9.21. The lowest BCUT2D eigenvalue weighted by molar-refractivity contribution is -0.133. The van der Waals surface area contributed by atoms with Gasteiger partial charge in [0.15, 0.2) is 0 Å². The fraction of sp³-hybridized carbons (Fsp3) is 0.792. The van der Waals surface area contributed by atoms with Crippen molar-refractivity contribution in [2.45, 2.75) is 77.7 Å². The monoisotopic (exact) mass is 413 g/mol. The molecule has 1 aliphatic carbocycles. The molecule has 3 aliphatic rings. The van der Waals surface area contributed by atoms with Crippen molar-refractivity contribution in [3.05, 3.63) is 18.2 Å². The number of amides is 1. The number of likely N-dealkylation sites (tertiary alicyclic amines) is 1. The summed E-state index contributed by atoms with van der Waals surface area (Å²) in [5, 5.41) is 0. The summed E-state index contributed by atoms with van der Waals surface area (Å²) >= 11 is 0. The van der Waals surface area contributed by atoms with Crippen LogP contribution in [0.5, 0.6) is 0 Å². The minimum atomic E-state index is 0.334. The first kappa shape index (κ1) is 21.5. The normalized spacial score (nSPS) is 23.3. The molecule has 1 aromatic heterocycles. The van der Waals surface area contributed by atoms with Gasteiger partial charge in [-0.1, -0.05) is 20.8 Å². The maximum atomic E-state index is 12.0. The highest BCUT2D eigenvalue weighted by Crippen LogP contribution is 2.45. The van der Waals surface area contributed by atoms with E-state index in [1.165, 1.54) is 38.5 Å². The van der Waals surface area contributed by atoms with Gasteiger partial charge in [-0.15, -0.1) is 0 Å². The van der Waals surface area contributed by atoms with E-state index in [2.05, 4.69) is 38.5 Å². The fourth-order valence-electron chi connectivity index (χ4n) is 5.67. The minimum absolute atomic E-state index is 0.334. The highest BCUT2D eigenvalue weighted by atomic mass is 16.2. The Hall–Kier alpha value is -1.69. The van der Waals surface area contributed by atoms with Crippen LogP contribution in [0.1, 0.15) is 77.5 Å². The Kier molecular flexibility index (Phi) is 6.61. The van der Waals surface area contributed by atoms with E-state index in [1.807, 2.05) is 19.3 Å². The molecule has 2 saturated heterocycles. The number of aromatic nitrogens is 2. The summed E-state index contributed by atoms with van der Waals surface area (Å²) in [6.45, 7) is 12.6. The van der Waals surface area contributed by atoms with Gasteiger partial charge in [-0.05, 0) is 43.9 Å². The van der Waals surface area contributed by atoms with E-state index in [4.69, 9.17) is 0 Å². The Morgan fingerprint density at radius 3 is 2.13 bits per heavy atom. The summed E-state index contributed by atoms with van der Waals surface area (Å²) in [5.41, 5.74) is 1.67. The summed E-state index contributed by atoms with van der Waals surface area (Å²) < 4.78 is 0. The molecule has 0 N–H and O–H groups in total. The van der Waals surface area contributed by atoms with E-state index >= 15 is 0 Å². The number of nitrogens with zero attached hydrogens (tertiary/aromatic N) is 5. The highest BCUT2D eigenvalue weighted by molar-refractivity contribution is 5.75. The molecule has 0 aromatic carbocycles. The van der Waals surface area contributed by atoms with E-state index in [1.54, 1.807) is 0 Å². The summed E-state index contributed by atoms with van der Waals surface area (Å²) in [6.07, 6.45) is 12.4. The quantitative estimate of drug-likeness (QED) is 0.754. The molecule has 4 rings (SSSR count). The molecule has 166 valence electrons. The number of hydrogen-bond acceptors (Lipinski definition) is 5. The summed E-state index contributed by atoms with van der Waals surface area (Å²) in [7, 11) is 0. The van der Waals surface area contributed by atoms with Gasteiger partial charge in [0.2, 0.25) is 5.91 Å². The largest absolute Gasteiger partial charge is 0.366 e. The summed E-state index contributed by atoms with van der Waals surface area (Å²) in [6, 6.07) is 0.743. The molecule has 1 aromatic rings. The molecule has 0 radical (unpaired) electrons. The van der Waals surface area contributed by atoms with E-state index in [9.17, 15) is 4.79 Å². The molecule has 3 fully saturated rings. The molecular weight excluding hydrogens is 374 g/mol. The van der Waals surface area contributed by atoms with Crippen LogP contribution in [0.3, 0.4) is 0 Å². The van der Waals surface area contributed by atoms with Gasteiger partial charge in [-0.3, -0.25) is 9.69 Å². The summed E-state index contributed by atoms with van der Waals surface area (Å²) in [4.78, 5) is 28.3. The second-order valence-corrected chi connectivity index (χ2v) is 9.94. The Morgan fingerprint density at radius 2 is 1.60 bits per heavy atom. The van der Waals surface area contributed by atoms with Crippen LogP contribution in [0.4, 0.5) is 5.69 Å². The number of carbonyl (C=O) groups is 1. The van der Waals surface area contributed by atoms with E-state index in [0.29, 0.717) is 23.7 Å². The third-order valence-electron chi connectivity index (χ3n) is 7.87. The van der Waals surface area contributed by atoms with Crippen LogP contribution in [0.2, 0.25) is 0 Å². The van der Waals surface area contributed by atoms with Gasteiger partial charge < -0.3 is 9.80 Å². The minimum Gasteiger partial charge on any atom is -0.366 e. The van der Waals surface area contributed by atoms with Gasteiger partial charge in [-0.25, -0.2) is 9.97 Å². The molecule has 6 heteroatoms. The number of carbonyl (C=O) groups excluding carboxylic acids is 1. The molecule has 1 saturated carbocycles. The third kappa shape index (κ3) is 4.63. The van der Waals surface area contributed by atoms with Crippen LogP contribution in [-0.2, 0) is 4.79 Å². The second-order valence-electron chi connectivity index (χ2n) is 9.94. The number of hydrogen-bond donors (Lipinski definition) is 0. The standard InChI is InChI=1S/C24H39N5O/c1-4-22(30)29-11-9-24(10-12-29)7-5-20(6-8-24)27-13-15-28(16-14-27)21-17-25-23(19(2)3)26-18-21/h17-20H,4-16H2,1-3H3. The Morgan fingerprint density at radius 1 is 1.00 bits per heavy atom. The Balaban J connectivity index is 1.23. The lowest BCUT2D eigenvalue weighted by Gasteiger charge is -2.49. The van der Waals surface area contributed by atoms with E-state index in [0.717, 1.165) is 56.8 Å². The molecule has 6 nitrogen and oxygen atoms in total. The van der Waals surface area contributed by atoms with Gasteiger partial charge in [0, 0.05) is 57.6 Å². The topological polar surface area (TPSA) is 52.6 Å². The van der Waals surface area contributed by atoms with Crippen molar-refractivity contribution in [2.24, 2.45) is 5.41 Å². The van der Waals surface area contributed by atoms with Gasteiger partial charge in [0.05, 0.1) is 18.1 Å². The SMILES string of the molecule is CCC(=O)N1CCC2(CCC(N3CCN(c4cnc(C(C)C)nc4)CC3)CC2)CC1. The van der Waals surface area contributed by atoms with Crippen molar-refractivity contribution < 1.29 is 4.79 Å². The van der Waals surface area contributed by atoms with Crippen LogP contribution in [-0.4, -0.2) is 71.0 Å². The van der Waals surface area contributed by atoms with Crippen molar-refractivity contribution in [3.8, 4) is 0 Å². The predicted octanol–water partition coefficient (Wildman–Crippen LogP) is 3.68. The number of rotatable bonds is 4. The smallest absolute Gasteiger partial charge is 0.222 e. The average molecular weight is 414 g/mol. The van der Waals surface area contributed by atoms with Gasteiger partial charge >= 0.3 is 0 Å². The lowest BCUT2D eigenvalue weighted by atomic mass is 9.66. The summed E-state index contributed by atoms with van der Waals surface area (Å²) in [5.74, 6) is 1.64. The average Bonchev–Trinajstić information content (AvgIpc) is 2.80. The molecular formula is C24H39N5O. The zero-order valence-corrected chi connectivity index (χ0v) is 19.1. The van der Waals surface area contributed by atoms with Crippen molar-refractivity contribution in [1.82, 2.24) is 19.8 Å². The van der Waals surface area contributed by atoms with Crippen molar-refractivity contribution in [3.63, 3.8) is 0 Å². The maximum Gasteiger partial charge on any atom is 0.222 e. The molecule has 0 bridgehead atoms. The molecule has 30 heavy (non-hydrogen) atoms. The fourth-order valence-corrected chi connectivity index (χ4v) is 5.67. The van der Waals surface area contributed by atoms with Crippen molar-refractivity contribution >= 4 is 11.6 Å². The Bertz CT molecular complexity index is 693. The predicted molar refractivity (Wildman–Crippen MR) is 121 cm³/mol. The first-order valence-electron chi connectivity index (χ1n) is 12.1. The van der Waals surface area contributed by atoms with Crippen LogP contribution in [0.15, 0.2) is 12.4 Å². The van der Waals surface area contributed by atoms with Crippen LogP contribution in [0, 0.1) is 5.41 Å². The maximum absolute atomic E-state index is 12.0. The van der Waals surface area contributed by atoms with Gasteiger partial charge in [0.1, 0.15) is 5.82 Å². The number of piperidine rings is 1. The Labute approximate surface area is 182 Å². The molecule has 0 atom stereocenters. The molecule has 3 heterocycles. The van der Waals surface area contributed by atoms with Crippen molar-refractivity contribution in [1.29, 1.82) is 0 Å². The first-order valence-corrected chi connectivity index (χ1v) is 12.1. The van der Waals surface area contributed by atoms with Crippen LogP contribution in [0.25, 0.3) is 0 Å². The molecule has 1 spiro atoms. The molecule has 0 unspecified atom stereocenters. The van der Waals surface area contributed by atoms with E-state index < -0.39 is 0 Å². The third-order valence-corrected chi connectivity index (χ3v) is 7.87. The van der Waals surface area contributed by atoms with E-state index in [-0.39, 0.29) is 0 Å². The zero-order valence-electron chi connectivity index (χ0n) is 19.1. The van der Waals surface area contributed by atoms with Gasteiger partial charge in [0.25, 0.3) is 0 Å². The van der Waals surface area contributed by atoms with Crippen LogP contribution >= 0.6 is 0 Å².